The molecule has 10 rings (SSSR count). The fraction of sp³-hybridized carbons (Fsp3) is 0. The number of para-hydroxylation sites is 1. The van der Waals surface area contributed by atoms with Gasteiger partial charge >= 0.3 is 0 Å². The zero-order valence-corrected chi connectivity index (χ0v) is 32.6. The van der Waals surface area contributed by atoms with Gasteiger partial charge in [0, 0.05) is 16.8 Å². The third kappa shape index (κ3) is 7.23. The van der Waals surface area contributed by atoms with Crippen LogP contribution >= 0.6 is 0 Å². The first-order valence-electron chi connectivity index (χ1n) is 20.3. The highest BCUT2D eigenvalue weighted by molar-refractivity contribution is 5.96. The molecular weight excluding hydrogens is 711 g/mol. The predicted octanol–water partition coefficient (Wildman–Crippen LogP) is 16.3. The van der Waals surface area contributed by atoms with Crippen LogP contribution in [0.3, 0.4) is 0 Å². The van der Waals surface area contributed by atoms with Crippen molar-refractivity contribution in [2.75, 3.05) is 4.90 Å². The molecule has 59 heavy (non-hydrogen) atoms. The molecule has 10 aromatic carbocycles. The van der Waals surface area contributed by atoms with Crippen molar-refractivity contribution in [1.82, 2.24) is 0 Å². The van der Waals surface area contributed by atoms with E-state index < -0.39 is 0 Å². The Morgan fingerprint density at radius 3 is 1.31 bits per heavy atom. The highest BCUT2D eigenvalue weighted by Gasteiger charge is 2.21. The number of benzene rings is 10. The molecule has 0 amide bonds. The highest BCUT2D eigenvalue weighted by atomic mass is 15.1. The van der Waals surface area contributed by atoms with Crippen molar-refractivity contribution in [3.05, 3.63) is 249 Å². The summed E-state index contributed by atoms with van der Waals surface area (Å²) < 4.78 is 0. The lowest BCUT2D eigenvalue weighted by Crippen LogP contribution is -2.12. The molecule has 0 aliphatic heterocycles. The van der Waals surface area contributed by atoms with Crippen LogP contribution in [0.2, 0.25) is 0 Å². The fourth-order valence-electron chi connectivity index (χ4n) is 8.32. The maximum atomic E-state index is 2.43. The topological polar surface area (TPSA) is 3.24 Å². The maximum absolute atomic E-state index is 2.43. The average Bonchev–Trinajstić information content (AvgIpc) is 3.33. The van der Waals surface area contributed by atoms with Crippen LogP contribution in [0.5, 0.6) is 0 Å². The first-order chi connectivity index (χ1) is 29.3. The second-order valence-electron chi connectivity index (χ2n) is 14.9. The molecule has 0 heterocycles. The Labute approximate surface area is 346 Å². The van der Waals surface area contributed by atoms with E-state index in [-0.39, 0.29) is 0 Å². The third-order valence-corrected chi connectivity index (χ3v) is 11.3. The van der Waals surface area contributed by atoms with E-state index in [4.69, 9.17) is 0 Å². The lowest BCUT2D eigenvalue weighted by atomic mass is 9.90. The van der Waals surface area contributed by atoms with E-state index in [9.17, 15) is 0 Å². The molecule has 0 bridgehead atoms. The molecule has 0 saturated carbocycles. The Kier molecular flexibility index (Phi) is 9.68. The second-order valence-corrected chi connectivity index (χ2v) is 14.9. The molecule has 0 spiro atoms. The first-order valence-corrected chi connectivity index (χ1v) is 20.3. The van der Waals surface area contributed by atoms with Crippen LogP contribution in [0, 0.1) is 0 Å². The van der Waals surface area contributed by atoms with Crippen molar-refractivity contribution in [3.8, 4) is 66.8 Å². The fourth-order valence-corrected chi connectivity index (χ4v) is 8.32. The lowest BCUT2D eigenvalue weighted by molar-refractivity contribution is 1.28. The lowest BCUT2D eigenvalue weighted by Gasteiger charge is -2.30. The summed E-state index contributed by atoms with van der Waals surface area (Å²) in [5.74, 6) is 0. The number of fused-ring (bicyclic) bond motifs is 1. The van der Waals surface area contributed by atoms with Crippen molar-refractivity contribution in [1.29, 1.82) is 0 Å². The van der Waals surface area contributed by atoms with Crippen LogP contribution < -0.4 is 4.90 Å². The third-order valence-electron chi connectivity index (χ3n) is 11.3. The normalized spacial score (nSPS) is 11.1. The zero-order valence-electron chi connectivity index (χ0n) is 32.6. The van der Waals surface area contributed by atoms with E-state index in [2.05, 4.69) is 254 Å². The van der Waals surface area contributed by atoms with E-state index in [1.807, 2.05) is 0 Å². The van der Waals surface area contributed by atoms with E-state index in [0.717, 1.165) is 28.2 Å². The van der Waals surface area contributed by atoms with E-state index in [1.54, 1.807) is 0 Å². The largest absolute Gasteiger partial charge is 0.309 e. The van der Waals surface area contributed by atoms with Gasteiger partial charge in [-0.25, -0.2) is 0 Å². The Bertz CT molecular complexity index is 3010. The summed E-state index contributed by atoms with van der Waals surface area (Å²) in [6.45, 7) is 0. The Balaban J connectivity index is 1.13. The van der Waals surface area contributed by atoms with Crippen molar-refractivity contribution in [2.45, 2.75) is 0 Å². The smallest absolute Gasteiger partial charge is 0.0540 e. The molecule has 1 nitrogen and oxygen atoms in total. The number of nitrogens with zero attached hydrogens (tertiary/aromatic N) is 1. The first kappa shape index (κ1) is 35.7. The summed E-state index contributed by atoms with van der Waals surface area (Å²) in [7, 11) is 0. The van der Waals surface area contributed by atoms with Gasteiger partial charge in [0.05, 0.1) is 11.4 Å². The minimum Gasteiger partial charge on any atom is -0.309 e. The van der Waals surface area contributed by atoms with E-state index in [1.165, 1.54) is 66.4 Å². The van der Waals surface area contributed by atoms with Crippen LogP contribution in [-0.2, 0) is 0 Å². The molecule has 0 aliphatic carbocycles. The molecule has 278 valence electrons. The van der Waals surface area contributed by atoms with E-state index in [0.29, 0.717) is 0 Å². The predicted molar refractivity (Wildman–Crippen MR) is 251 cm³/mol. The number of rotatable bonds is 9. The van der Waals surface area contributed by atoms with Crippen molar-refractivity contribution < 1.29 is 0 Å². The summed E-state index contributed by atoms with van der Waals surface area (Å²) >= 11 is 0. The van der Waals surface area contributed by atoms with Gasteiger partial charge in [-0.05, 0) is 109 Å². The van der Waals surface area contributed by atoms with Gasteiger partial charge in [0.25, 0.3) is 0 Å². The molecular formula is C58H41N. The van der Waals surface area contributed by atoms with Gasteiger partial charge < -0.3 is 4.90 Å². The SMILES string of the molecule is c1ccc(-c2ccc(N(c3ccc(-c4ccc(-c5ccccc5)c(-c5ccc6ccccc6c5)c4)cc3)c3ccccc3-c3ccccc3)c(-c3ccccc3)c2)cc1. The number of hydrogen-bond acceptors (Lipinski definition) is 1. The molecule has 0 aliphatic rings. The average molecular weight is 752 g/mol. The van der Waals surface area contributed by atoms with Gasteiger partial charge in [-0.3, -0.25) is 0 Å². The standard InChI is InChI=1S/C58H41N/c1-5-17-42(18-6-1)50-34-38-58(56(41-50)47-24-11-4-12-25-47)59(57-28-16-15-27-54(57)46-22-9-3-10-23-46)52-35-31-44(32-36-52)49-33-37-53(45-20-7-2-8-21-45)55(40-49)51-30-29-43-19-13-14-26-48(43)39-51/h1-41H. The quantitative estimate of drug-likeness (QED) is 0.142. The van der Waals surface area contributed by atoms with Crippen LogP contribution in [-0.4, -0.2) is 0 Å². The van der Waals surface area contributed by atoms with Crippen molar-refractivity contribution in [2.24, 2.45) is 0 Å². The molecule has 0 unspecified atom stereocenters. The van der Waals surface area contributed by atoms with Crippen LogP contribution in [0.4, 0.5) is 17.1 Å². The summed E-state index contributed by atoms with van der Waals surface area (Å²) in [6, 6.07) is 89.9. The summed E-state index contributed by atoms with van der Waals surface area (Å²) in [5.41, 5.74) is 17.5. The van der Waals surface area contributed by atoms with Gasteiger partial charge in [0.2, 0.25) is 0 Å². The molecule has 0 atom stereocenters. The second kappa shape index (κ2) is 16.0. The molecule has 0 fully saturated rings. The summed E-state index contributed by atoms with van der Waals surface area (Å²) in [4.78, 5) is 2.43. The zero-order chi connectivity index (χ0) is 39.4. The van der Waals surface area contributed by atoms with Gasteiger partial charge in [-0.15, -0.1) is 0 Å². The summed E-state index contributed by atoms with van der Waals surface area (Å²) in [6.07, 6.45) is 0. The van der Waals surface area contributed by atoms with Gasteiger partial charge in [-0.1, -0.05) is 206 Å². The van der Waals surface area contributed by atoms with Gasteiger partial charge in [0.1, 0.15) is 0 Å². The minimum atomic E-state index is 1.08. The molecule has 1 heteroatoms. The Morgan fingerprint density at radius 2 is 0.644 bits per heavy atom. The minimum absolute atomic E-state index is 1.08. The number of anilines is 3. The van der Waals surface area contributed by atoms with E-state index >= 15 is 0 Å². The molecule has 0 saturated heterocycles. The van der Waals surface area contributed by atoms with Crippen LogP contribution in [0.15, 0.2) is 249 Å². The molecule has 0 aromatic heterocycles. The highest BCUT2D eigenvalue weighted by Crippen LogP contribution is 2.46. The van der Waals surface area contributed by atoms with Gasteiger partial charge in [-0.2, -0.15) is 0 Å². The Morgan fingerprint density at radius 1 is 0.203 bits per heavy atom. The van der Waals surface area contributed by atoms with Gasteiger partial charge in [0.15, 0.2) is 0 Å². The van der Waals surface area contributed by atoms with Crippen molar-refractivity contribution >= 4 is 27.8 Å². The molecule has 10 aromatic rings. The van der Waals surface area contributed by atoms with Crippen molar-refractivity contribution in [3.63, 3.8) is 0 Å². The summed E-state index contributed by atoms with van der Waals surface area (Å²) in [5, 5.41) is 2.48. The molecule has 0 N–H and O–H groups in total. The number of hydrogen-bond donors (Lipinski definition) is 0. The van der Waals surface area contributed by atoms with Crippen LogP contribution in [0.25, 0.3) is 77.5 Å². The molecule has 0 radical (unpaired) electrons. The Hall–Kier alpha value is -7.74. The maximum Gasteiger partial charge on any atom is 0.0540 e. The van der Waals surface area contributed by atoms with Crippen LogP contribution in [0.1, 0.15) is 0 Å². The monoisotopic (exact) mass is 751 g/mol.